The third kappa shape index (κ3) is 3.30. The molecule has 10 heteroatoms. The van der Waals surface area contributed by atoms with Crippen LogP contribution in [0.15, 0.2) is 18.2 Å². The Morgan fingerprint density at radius 2 is 2.04 bits per heavy atom. The van der Waals surface area contributed by atoms with Crippen LogP contribution in [-0.4, -0.2) is 49.3 Å². The summed E-state index contributed by atoms with van der Waals surface area (Å²) >= 11 is 0. The van der Waals surface area contributed by atoms with E-state index in [-0.39, 0.29) is 13.1 Å². The van der Waals surface area contributed by atoms with Crippen molar-refractivity contribution in [3.8, 4) is 11.5 Å². The zero-order valence-electron chi connectivity index (χ0n) is 14.0. The molecule has 1 aromatic heterocycles. The van der Waals surface area contributed by atoms with E-state index in [1.165, 1.54) is 18.5 Å². The summed E-state index contributed by atoms with van der Waals surface area (Å²) in [6.45, 7) is 0.346. The first kappa shape index (κ1) is 17.2. The van der Waals surface area contributed by atoms with Gasteiger partial charge < -0.3 is 14.8 Å². The number of sulfonamides is 1. The molecule has 25 heavy (non-hydrogen) atoms. The SMILES string of the molecule is COc1ccc(OC)c(C(=O)Nc2[nH]nc3c2CN(S(C)(=O)=O)C3)c1. The highest BCUT2D eigenvalue weighted by atomic mass is 32.2. The molecule has 0 aliphatic carbocycles. The number of nitrogens with one attached hydrogen (secondary N) is 2. The van der Waals surface area contributed by atoms with E-state index < -0.39 is 15.9 Å². The Kier molecular flexibility index (Phi) is 4.39. The second-order valence-corrected chi connectivity index (χ2v) is 7.56. The van der Waals surface area contributed by atoms with Crippen LogP contribution in [0, 0.1) is 0 Å². The zero-order valence-corrected chi connectivity index (χ0v) is 14.8. The molecule has 1 aliphatic rings. The topological polar surface area (TPSA) is 114 Å². The van der Waals surface area contributed by atoms with Gasteiger partial charge in [-0.2, -0.15) is 9.40 Å². The Morgan fingerprint density at radius 1 is 1.28 bits per heavy atom. The van der Waals surface area contributed by atoms with Crippen LogP contribution in [0.3, 0.4) is 0 Å². The van der Waals surface area contributed by atoms with E-state index in [9.17, 15) is 13.2 Å². The number of aromatic amines is 1. The molecule has 0 fully saturated rings. The minimum Gasteiger partial charge on any atom is -0.497 e. The number of carbonyl (C=O) groups excluding carboxylic acids is 1. The van der Waals surface area contributed by atoms with E-state index in [2.05, 4.69) is 15.5 Å². The largest absolute Gasteiger partial charge is 0.497 e. The van der Waals surface area contributed by atoms with Gasteiger partial charge in [0.15, 0.2) is 0 Å². The van der Waals surface area contributed by atoms with Gasteiger partial charge in [0, 0.05) is 12.1 Å². The monoisotopic (exact) mass is 366 g/mol. The van der Waals surface area contributed by atoms with Crippen molar-refractivity contribution < 1.29 is 22.7 Å². The fraction of sp³-hybridized carbons (Fsp3) is 0.333. The number of methoxy groups -OCH3 is 2. The van der Waals surface area contributed by atoms with Gasteiger partial charge in [0.25, 0.3) is 5.91 Å². The second kappa shape index (κ2) is 6.37. The Bertz CT molecular complexity index is 922. The van der Waals surface area contributed by atoms with Crippen molar-refractivity contribution in [1.82, 2.24) is 14.5 Å². The second-order valence-electron chi connectivity index (χ2n) is 5.58. The molecular weight excluding hydrogens is 348 g/mol. The molecule has 2 N–H and O–H groups in total. The smallest absolute Gasteiger partial charge is 0.260 e. The van der Waals surface area contributed by atoms with Gasteiger partial charge in [-0.3, -0.25) is 9.89 Å². The lowest BCUT2D eigenvalue weighted by molar-refractivity contribution is 0.102. The summed E-state index contributed by atoms with van der Waals surface area (Å²) in [5.41, 5.74) is 1.54. The number of ether oxygens (including phenoxy) is 2. The van der Waals surface area contributed by atoms with E-state index in [1.54, 1.807) is 18.2 Å². The van der Waals surface area contributed by atoms with Crippen LogP contribution in [0.1, 0.15) is 21.6 Å². The predicted molar refractivity (Wildman–Crippen MR) is 90.2 cm³/mol. The highest BCUT2D eigenvalue weighted by Crippen LogP contribution is 2.30. The van der Waals surface area contributed by atoms with Crippen LogP contribution < -0.4 is 14.8 Å². The zero-order chi connectivity index (χ0) is 18.2. The normalized spacial score (nSPS) is 14.2. The van der Waals surface area contributed by atoms with Crippen LogP contribution in [0.5, 0.6) is 11.5 Å². The molecule has 1 amide bonds. The van der Waals surface area contributed by atoms with Gasteiger partial charge in [0.05, 0.1) is 38.3 Å². The lowest BCUT2D eigenvalue weighted by atomic mass is 10.1. The summed E-state index contributed by atoms with van der Waals surface area (Å²) in [5, 5.41) is 9.54. The van der Waals surface area contributed by atoms with E-state index in [0.717, 1.165) is 6.26 Å². The number of amides is 1. The molecule has 3 rings (SSSR count). The summed E-state index contributed by atoms with van der Waals surface area (Å²) in [4.78, 5) is 12.6. The average molecular weight is 366 g/mol. The van der Waals surface area contributed by atoms with Crippen molar-refractivity contribution in [2.24, 2.45) is 0 Å². The summed E-state index contributed by atoms with van der Waals surface area (Å²) in [5.74, 6) is 0.868. The molecule has 2 heterocycles. The number of hydrogen-bond donors (Lipinski definition) is 2. The minimum absolute atomic E-state index is 0.162. The lowest BCUT2D eigenvalue weighted by Gasteiger charge is -2.13. The van der Waals surface area contributed by atoms with Crippen molar-refractivity contribution in [3.63, 3.8) is 0 Å². The number of rotatable bonds is 5. The van der Waals surface area contributed by atoms with Gasteiger partial charge in [-0.1, -0.05) is 0 Å². The Morgan fingerprint density at radius 3 is 2.68 bits per heavy atom. The van der Waals surface area contributed by atoms with Gasteiger partial charge in [0.1, 0.15) is 17.3 Å². The molecule has 0 bridgehead atoms. The summed E-state index contributed by atoms with van der Waals surface area (Å²) in [6.07, 6.45) is 1.14. The van der Waals surface area contributed by atoms with Crippen LogP contribution in [0.25, 0.3) is 0 Å². The van der Waals surface area contributed by atoms with Crippen molar-refractivity contribution in [2.45, 2.75) is 13.1 Å². The summed E-state index contributed by atoms with van der Waals surface area (Å²) in [6, 6.07) is 4.89. The lowest BCUT2D eigenvalue weighted by Crippen LogP contribution is -2.24. The van der Waals surface area contributed by atoms with Crippen LogP contribution in [0.4, 0.5) is 5.82 Å². The van der Waals surface area contributed by atoms with Gasteiger partial charge >= 0.3 is 0 Å². The quantitative estimate of drug-likeness (QED) is 0.815. The summed E-state index contributed by atoms with van der Waals surface area (Å²) in [7, 11) is -0.353. The van der Waals surface area contributed by atoms with Crippen molar-refractivity contribution in [1.29, 1.82) is 0 Å². The van der Waals surface area contributed by atoms with Gasteiger partial charge in [-0.25, -0.2) is 8.42 Å². The first-order valence-electron chi connectivity index (χ1n) is 7.38. The summed E-state index contributed by atoms with van der Waals surface area (Å²) < 4.78 is 35.0. The molecule has 134 valence electrons. The molecule has 0 radical (unpaired) electrons. The average Bonchev–Trinajstić information content (AvgIpc) is 3.16. The number of nitrogens with zero attached hydrogens (tertiary/aromatic N) is 2. The molecule has 2 aromatic rings. The molecule has 0 saturated carbocycles. The molecule has 1 aromatic carbocycles. The molecular formula is C15H18N4O5S. The number of aromatic nitrogens is 2. The molecule has 0 unspecified atom stereocenters. The maximum absolute atomic E-state index is 12.6. The fourth-order valence-electron chi connectivity index (χ4n) is 2.61. The Labute approximate surface area is 145 Å². The highest BCUT2D eigenvalue weighted by Gasteiger charge is 2.31. The highest BCUT2D eigenvalue weighted by molar-refractivity contribution is 7.88. The Hall–Kier alpha value is -2.59. The van der Waals surface area contributed by atoms with E-state index in [1.807, 2.05) is 0 Å². The van der Waals surface area contributed by atoms with Crippen LogP contribution >= 0.6 is 0 Å². The molecule has 0 atom stereocenters. The molecule has 9 nitrogen and oxygen atoms in total. The number of fused-ring (bicyclic) bond motifs is 1. The molecule has 0 saturated heterocycles. The van der Waals surface area contributed by atoms with Gasteiger partial charge in [0.2, 0.25) is 10.0 Å². The third-order valence-corrected chi connectivity index (χ3v) is 5.17. The van der Waals surface area contributed by atoms with E-state index >= 15 is 0 Å². The standard InChI is InChI=1S/C15H18N4O5S/c1-23-9-4-5-13(24-2)10(6-9)15(20)16-14-11-7-19(25(3,21)22)8-12(11)17-18-14/h4-6H,7-8H2,1-3H3,(H2,16,17,18,20). The number of anilines is 1. The number of benzene rings is 1. The molecule has 0 spiro atoms. The first-order valence-corrected chi connectivity index (χ1v) is 9.23. The van der Waals surface area contributed by atoms with Crippen molar-refractivity contribution in [3.05, 3.63) is 35.0 Å². The Balaban J connectivity index is 1.85. The van der Waals surface area contributed by atoms with Crippen LogP contribution in [-0.2, 0) is 23.1 Å². The van der Waals surface area contributed by atoms with E-state index in [4.69, 9.17) is 9.47 Å². The number of H-pyrrole nitrogens is 1. The first-order chi connectivity index (χ1) is 11.8. The van der Waals surface area contributed by atoms with E-state index in [0.29, 0.717) is 34.1 Å². The fourth-order valence-corrected chi connectivity index (χ4v) is 3.33. The van der Waals surface area contributed by atoms with Crippen molar-refractivity contribution >= 4 is 21.7 Å². The predicted octanol–water partition coefficient (Wildman–Crippen LogP) is 0.954. The van der Waals surface area contributed by atoms with Crippen molar-refractivity contribution in [2.75, 3.05) is 25.8 Å². The number of carbonyl (C=O) groups is 1. The maximum Gasteiger partial charge on any atom is 0.260 e. The van der Waals surface area contributed by atoms with Crippen LogP contribution in [0.2, 0.25) is 0 Å². The van der Waals surface area contributed by atoms with Gasteiger partial charge in [-0.05, 0) is 18.2 Å². The third-order valence-electron chi connectivity index (χ3n) is 3.97. The minimum atomic E-state index is -3.33. The van der Waals surface area contributed by atoms with Gasteiger partial charge in [-0.15, -0.1) is 0 Å². The maximum atomic E-state index is 12.6. The molecule has 1 aliphatic heterocycles. The number of hydrogen-bond acceptors (Lipinski definition) is 6.